The molecule has 4 aromatic carbocycles. The number of hydrogen-bond acceptors (Lipinski definition) is 0. The van der Waals surface area contributed by atoms with Crippen molar-refractivity contribution in [1.82, 2.24) is 0 Å². The highest BCUT2D eigenvalue weighted by Crippen LogP contribution is 2.68. The Morgan fingerprint density at radius 3 is 0.875 bits per heavy atom. The molecule has 0 bridgehead atoms. The van der Waals surface area contributed by atoms with Gasteiger partial charge in [-0.3, -0.25) is 0 Å². The molecule has 1 aliphatic carbocycles. The minimum absolute atomic E-state index is 0.645. The maximum Gasteiger partial charge on any atom is 0.0657 e. The molecule has 0 nitrogen and oxygen atoms in total. The molecule has 32 heavy (non-hydrogen) atoms. The number of halogens is 1. The van der Waals surface area contributed by atoms with Crippen molar-refractivity contribution in [3.8, 4) is 0 Å². The van der Waals surface area contributed by atoms with Crippen molar-refractivity contribution >= 4 is 53.0 Å². The lowest BCUT2D eigenvalue weighted by atomic mass is 10.3. The highest BCUT2D eigenvalue weighted by molar-refractivity contribution is 9.11. The molecule has 0 atom stereocenters. The van der Waals surface area contributed by atoms with Crippen LogP contribution in [0.3, 0.4) is 0 Å². The lowest BCUT2D eigenvalue weighted by Crippen LogP contribution is -2.20. The van der Waals surface area contributed by atoms with E-state index in [0.29, 0.717) is 0 Å². The average molecular weight is 512 g/mol. The second-order valence-electron chi connectivity index (χ2n) is 7.43. The first kappa shape index (κ1) is 22.0. The SMILES string of the molecule is Br[C]1[C](P(c2ccccc2)c2ccccc2)[CH][CH][C]1P(c1ccccc1)c1ccccc1. The molecule has 0 aromatic heterocycles. The van der Waals surface area contributed by atoms with Crippen LogP contribution in [0.15, 0.2) is 121 Å². The molecule has 0 saturated heterocycles. The van der Waals surface area contributed by atoms with Crippen LogP contribution >= 0.6 is 31.8 Å². The average Bonchev–Trinajstić information content (AvgIpc) is 3.23. The van der Waals surface area contributed by atoms with Crippen LogP contribution in [0.2, 0.25) is 0 Å². The van der Waals surface area contributed by atoms with Gasteiger partial charge in [-0.2, -0.15) is 0 Å². The van der Waals surface area contributed by atoms with Crippen molar-refractivity contribution < 1.29 is 0 Å². The van der Waals surface area contributed by atoms with Gasteiger partial charge in [-0.15, -0.1) is 0 Å². The molecule has 4 aromatic rings. The maximum absolute atomic E-state index is 4.07. The Bertz CT molecular complexity index is 933. The summed E-state index contributed by atoms with van der Waals surface area (Å²) in [6.45, 7) is 0. The fraction of sp³-hybridized carbons (Fsp3) is 0. The molecule has 0 unspecified atom stereocenters. The molecule has 0 amide bonds. The lowest BCUT2D eigenvalue weighted by Gasteiger charge is -2.31. The molecule has 3 heteroatoms. The van der Waals surface area contributed by atoms with E-state index in [1.807, 2.05) is 0 Å². The summed E-state index contributed by atoms with van der Waals surface area (Å²) in [7, 11) is -1.29. The van der Waals surface area contributed by atoms with Crippen molar-refractivity contribution in [2.75, 3.05) is 0 Å². The minimum Gasteiger partial charge on any atom is -0.0816 e. The van der Waals surface area contributed by atoms with E-state index < -0.39 is 15.8 Å². The summed E-state index contributed by atoms with van der Waals surface area (Å²) < 4.78 is 0. The summed E-state index contributed by atoms with van der Waals surface area (Å²) in [6.07, 6.45) is 4.68. The highest BCUT2D eigenvalue weighted by Gasteiger charge is 2.45. The predicted octanol–water partition coefficient (Wildman–Crippen LogP) is 6.67. The van der Waals surface area contributed by atoms with Crippen molar-refractivity contribution in [2.45, 2.75) is 0 Å². The highest BCUT2D eigenvalue weighted by atomic mass is 79.9. The first-order valence-electron chi connectivity index (χ1n) is 10.6. The van der Waals surface area contributed by atoms with E-state index in [1.165, 1.54) is 37.4 Å². The van der Waals surface area contributed by atoms with Gasteiger partial charge in [0.2, 0.25) is 0 Å². The van der Waals surface area contributed by atoms with Crippen LogP contribution in [0.5, 0.6) is 0 Å². The molecule has 0 spiro atoms. The van der Waals surface area contributed by atoms with Crippen LogP contribution < -0.4 is 21.2 Å². The molecule has 0 aliphatic heterocycles. The second-order valence-corrected chi connectivity index (χ2v) is 12.6. The number of hydrogen-bond donors (Lipinski definition) is 0. The van der Waals surface area contributed by atoms with Gasteiger partial charge in [0.1, 0.15) is 0 Å². The standard InChI is InChI=1S/C29H22BrP2/c30-29-27(31(23-13-5-1-6-14-23)24-15-7-2-8-16-24)21-22-28(29)32(25-17-9-3-10-18-25)26-19-11-4-12-20-26/h1-22H. The van der Waals surface area contributed by atoms with E-state index in [0.717, 1.165) is 0 Å². The summed E-state index contributed by atoms with van der Waals surface area (Å²) in [6, 6.07) is 43.6. The van der Waals surface area contributed by atoms with Crippen molar-refractivity contribution in [2.24, 2.45) is 0 Å². The Kier molecular flexibility index (Phi) is 7.19. The van der Waals surface area contributed by atoms with Gasteiger partial charge in [0.05, 0.1) is 4.83 Å². The summed E-state index contributed by atoms with van der Waals surface area (Å²) in [5, 5.41) is 5.48. The third-order valence-electron chi connectivity index (χ3n) is 5.39. The van der Waals surface area contributed by atoms with E-state index in [-0.39, 0.29) is 0 Å². The van der Waals surface area contributed by atoms with E-state index >= 15 is 0 Å². The Morgan fingerprint density at radius 2 is 0.625 bits per heavy atom. The third-order valence-corrected chi connectivity index (χ3v) is 11.8. The monoisotopic (exact) mass is 511 g/mol. The topological polar surface area (TPSA) is 0 Å². The summed E-state index contributed by atoms with van der Waals surface area (Å²) >= 11 is 4.07. The fourth-order valence-electron chi connectivity index (χ4n) is 3.94. The zero-order valence-corrected chi connectivity index (χ0v) is 20.8. The van der Waals surface area contributed by atoms with E-state index in [1.54, 1.807) is 0 Å². The quantitative estimate of drug-likeness (QED) is 0.254. The Balaban J connectivity index is 1.53. The molecule has 1 aliphatic rings. The van der Waals surface area contributed by atoms with Gasteiger partial charge in [-0.05, 0) is 49.9 Å². The molecule has 0 heterocycles. The van der Waals surface area contributed by atoms with Crippen LogP contribution in [0.1, 0.15) is 0 Å². The maximum atomic E-state index is 4.07. The van der Waals surface area contributed by atoms with Crippen molar-refractivity contribution in [1.29, 1.82) is 0 Å². The first-order chi connectivity index (χ1) is 15.8. The summed E-state index contributed by atoms with van der Waals surface area (Å²) in [5.74, 6) is 0. The third kappa shape index (κ3) is 4.63. The lowest BCUT2D eigenvalue weighted by molar-refractivity contribution is 1.45. The smallest absolute Gasteiger partial charge is 0.0657 e. The van der Waals surface area contributed by atoms with Gasteiger partial charge in [0.25, 0.3) is 0 Å². The van der Waals surface area contributed by atoms with Gasteiger partial charge in [0, 0.05) is 11.3 Å². The first-order valence-corrected chi connectivity index (χ1v) is 14.1. The van der Waals surface area contributed by atoms with Crippen LogP contribution in [-0.4, -0.2) is 0 Å². The van der Waals surface area contributed by atoms with E-state index in [4.69, 9.17) is 0 Å². The van der Waals surface area contributed by atoms with Gasteiger partial charge in [0.15, 0.2) is 0 Å². The van der Waals surface area contributed by atoms with Gasteiger partial charge < -0.3 is 0 Å². The molecular formula is C29H22BrP2. The van der Waals surface area contributed by atoms with E-state index in [2.05, 4.69) is 150 Å². The van der Waals surface area contributed by atoms with Gasteiger partial charge >= 0.3 is 0 Å². The fourth-order valence-corrected chi connectivity index (χ4v) is 10.0. The van der Waals surface area contributed by atoms with Crippen LogP contribution in [0.4, 0.5) is 0 Å². The molecule has 1 saturated carbocycles. The summed E-state index contributed by atoms with van der Waals surface area (Å²) in [4.78, 5) is 1.25. The second kappa shape index (κ2) is 10.4. The minimum atomic E-state index is -0.645. The van der Waals surface area contributed by atoms with E-state index in [9.17, 15) is 0 Å². The predicted molar refractivity (Wildman–Crippen MR) is 145 cm³/mol. The molecule has 155 valence electrons. The molecule has 5 rings (SSSR count). The van der Waals surface area contributed by atoms with Crippen molar-refractivity contribution in [3.05, 3.63) is 150 Å². The van der Waals surface area contributed by atoms with Crippen LogP contribution in [0, 0.1) is 29.0 Å². The molecule has 5 radical (unpaired) electrons. The molecule has 0 N–H and O–H groups in total. The Labute approximate surface area is 202 Å². The zero-order chi connectivity index (χ0) is 21.8. The molecular weight excluding hydrogens is 490 g/mol. The Hall–Kier alpha value is -1.78. The van der Waals surface area contributed by atoms with Gasteiger partial charge in [-0.25, -0.2) is 0 Å². The zero-order valence-electron chi connectivity index (χ0n) is 17.5. The number of benzene rings is 4. The summed E-state index contributed by atoms with van der Waals surface area (Å²) in [5.41, 5.74) is 2.76. The Morgan fingerprint density at radius 1 is 0.375 bits per heavy atom. The van der Waals surface area contributed by atoms with Gasteiger partial charge in [-0.1, -0.05) is 137 Å². The van der Waals surface area contributed by atoms with Crippen LogP contribution in [-0.2, 0) is 0 Å². The largest absolute Gasteiger partial charge is 0.0816 e. The van der Waals surface area contributed by atoms with Crippen molar-refractivity contribution in [3.63, 3.8) is 0 Å². The number of rotatable bonds is 6. The van der Waals surface area contributed by atoms with Crippen LogP contribution in [0.25, 0.3) is 0 Å². The normalized spacial score (nSPS) is 15.6. The molecule has 1 fully saturated rings.